The molecule has 2 aliphatic heterocycles. The lowest BCUT2D eigenvalue weighted by Crippen LogP contribution is -2.45. The van der Waals surface area contributed by atoms with Gasteiger partial charge in [-0.1, -0.05) is 0 Å². The number of hydrogen-bond acceptors (Lipinski definition) is 5. The van der Waals surface area contributed by atoms with Gasteiger partial charge in [-0.15, -0.1) is 0 Å². The fraction of sp³-hybridized carbons (Fsp3) is 0.556. The second-order valence-electron chi connectivity index (χ2n) is 6.45. The van der Waals surface area contributed by atoms with E-state index in [4.69, 9.17) is 14.2 Å². The maximum Gasteiger partial charge on any atom is 0.311 e. The summed E-state index contributed by atoms with van der Waals surface area (Å²) in [4.78, 5) is 25.8. The number of carbonyl (C=O) groups is 2. The molecule has 2 atom stereocenters. The van der Waals surface area contributed by atoms with E-state index in [1.807, 2.05) is 6.92 Å². The van der Waals surface area contributed by atoms with E-state index in [9.17, 15) is 14.7 Å². The Labute approximate surface area is 146 Å². The quantitative estimate of drug-likeness (QED) is 0.836. The highest BCUT2D eigenvalue weighted by molar-refractivity contribution is 5.82. The molecule has 0 spiro atoms. The number of ether oxygens (including phenoxy) is 3. The highest BCUT2D eigenvalue weighted by atomic mass is 16.5. The van der Waals surface area contributed by atoms with E-state index in [2.05, 4.69) is 0 Å². The predicted octanol–water partition coefficient (Wildman–Crippen LogP) is 1.41. The molecule has 3 rings (SSSR count). The molecule has 1 N–H and O–H groups in total. The van der Waals surface area contributed by atoms with Crippen molar-refractivity contribution in [1.82, 2.24) is 4.90 Å². The van der Waals surface area contributed by atoms with Crippen LogP contribution in [0.15, 0.2) is 24.3 Å². The lowest BCUT2D eigenvalue weighted by Gasteiger charge is -2.33. The summed E-state index contributed by atoms with van der Waals surface area (Å²) in [5, 5.41) is 9.64. The zero-order chi connectivity index (χ0) is 17.9. The summed E-state index contributed by atoms with van der Waals surface area (Å²) < 4.78 is 16.3. The Morgan fingerprint density at radius 2 is 1.96 bits per heavy atom. The standard InChI is InChI=1S/C18H23NO6/c1-2-24-14-3-5-15(6-4-14)25-11-16(20)19-9-13-10-23-8-7-18(13,12-19)17(21)22/h3-6,13H,2,7-12H2,1H3,(H,21,22)/t13-,18+/m0/s1. The van der Waals surface area contributed by atoms with Gasteiger partial charge in [0.2, 0.25) is 0 Å². The molecule has 2 fully saturated rings. The number of hydrogen-bond donors (Lipinski definition) is 1. The zero-order valence-corrected chi connectivity index (χ0v) is 14.3. The predicted molar refractivity (Wildman–Crippen MR) is 88.7 cm³/mol. The van der Waals surface area contributed by atoms with Gasteiger partial charge in [0.05, 0.1) is 18.6 Å². The normalized spacial score (nSPS) is 25.3. The van der Waals surface area contributed by atoms with Crippen LogP contribution < -0.4 is 9.47 Å². The topological polar surface area (TPSA) is 85.3 Å². The number of fused-ring (bicyclic) bond motifs is 1. The van der Waals surface area contributed by atoms with Crippen molar-refractivity contribution in [3.05, 3.63) is 24.3 Å². The van der Waals surface area contributed by atoms with Gasteiger partial charge < -0.3 is 24.2 Å². The van der Waals surface area contributed by atoms with Gasteiger partial charge in [-0.05, 0) is 37.6 Å². The average Bonchev–Trinajstić information content (AvgIpc) is 3.02. The molecule has 0 radical (unpaired) electrons. The van der Waals surface area contributed by atoms with Crippen molar-refractivity contribution in [2.45, 2.75) is 13.3 Å². The monoisotopic (exact) mass is 349 g/mol. The number of amides is 1. The molecular weight excluding hydrogens is 326 g/mol. The van der Waals surface area contributed by atoms with Crippen LogP contribution in [0.3, 0.4) is 0 Å². The van der Waals surface area contributed by atoms with Gasteiger partial charge in [0.1, 0.15) is 11.5 Å². The Morgan fingerprint density at radius 3 is 2.56 bits per heavy atom. The van der Waals surface area contributed by atoms with Crippen LogP contribution in [0, 0.1) is 11.3 Å². The van der Waals surface area contributed by atoms with Crippen LogP contribution >= 0.6 is 0 Å². The number of carbonyl (C=O) groups excluding carboxylic acids is 1. The summed E-state index contributed by atoms with van der Waals surface area (Å²) in [5.74, 6) is 0.110. The molecule has 0 bridgehead atoms. The Balaban J connectivity index is 1.57. The lowest BCUT2D eigenvalue weighted by atomic mass is 9.74. The molecule has 1 amide bonds. The van der Waals surface area contributed by atoms with Crippen molar-refractivity contribution in [2.75, 3.05) is 39.5 Å². The highest BCUT2D eigenvalue weighted by Gasteiger charge is 2.54. The van der Waals surface area contributed by atoms with E-state index in [1.165, 1.54) is 0 Å². The molecule has 0 aromatic heterocycles. The summed E-state index contributed by atoms with van der Waals surface area (Å²) in [6, 6.07) is 7.05. The molecule has 0 unspecified atom stereocenters. The molecule has 2 heterocycles. The number of nitrogens with zero attached hydrogens (tertiary/aromatic N) is 1. The van der Waals surface area contributed by atoms with Crippen molar-refractivity contribution in [1.29, 1.82) is 0 Å². The first kappa shape index (κ1) is 17.5. The first-order chi connectivity index (χ1) is 12.0. The van der Waals surface area contributed by atoms with E-state index in [1.54, 1.807) is 29.2 Å². The van der Waals surface area contributed by atoms with Crippen molar-refractivity contribution in [3.63, 3.8) is 0 Å². The summed E-state index contributed by atoms with van der Waals surface area (Å²) >= 11 is 0. The van der Waals surface area contributed by atoms with Crippen LogP contribution in [0.25, 0.3) is 0 Å². The summed E-state index contributed by atoms with van der Waals surface area (Å²) in [7, 11) is 0. The van der Waals surface area contributed by atoms with Crippen LogP contribution in [0.4, 0.5) is 0 Å². The number of carboxylic acid groups (broad SMARTS) is 1. The van der Waals surface area contributed by atoms with Crippen LogP contribution in [-0.4, -0.2) is 61.4 Å². The molecule has 7 nitrogen and oxygen atoms in total. The van der Waals surface area contributed by atoms with Gasteiger partial charge in [-0.3, -0.25) is 9.59 Å². The first-order valence-corrected chi connectivity index (χ1v) is 8.50. The van der Waals surface area contributed by atoms with E-state index < -0.39 is 11.4 Å². The fourth-order valence-electron chi connectivity index (χ4n) is 3.52. The molecule has 25 heavy (non-hydrogen) atoms. The van der Waals surface area contributed by atoms with Gasteiger partial charge in [-0.2, -0.15) is 0 Å². The molecule has 1 aromatic carbocycles. The third-order valence-electron chi connectivity index (χ3n) is 4.98. The molecule has 2 saturated heterocycles. The molecule has 7 heteroatoms. The van der Waals surface area contributed by atoms with Gasteiger partial charge in [0.15, 0.2) is 6.61 Å². The first-order valence-electron chi connectivity index (χ1n) is 8.50. The average molecular weight is 349 g/mol. The van der Waals surface area contributed by atoms with Crippen LogP contribution in [-0.2, 0) is 14.3 Å². The SMILES string of the molecule is CCOc1ccc(OCC(=O)N2C[C@H]3COCC[C@@]3(C(=O)O)C2)cc1. The number of carboxylic acids is 1. The van der Waals surface area contributed by atoms with Gasteiger partial charge >= 0.3 is 5.97 Å². The molecule has 1 aromatic rings. The number of likely N-dealkylation sites (tertiary alicyclic amines) is 1. The molecule has 0 aliphatic carbocycles. The van der Waals surface area contributed by atoms with Gasteiger partial charge in [-0.25, -0.2) is 0 Å². The van der Waals surface area contributed by atoms with E-state index in [-0.39, 0.29) is 25.0 Å². The van der Waals surface area contributed by atoms with E-state index >= 15 is 0 Å². The van der Waals surface area contributed by atoms with Gasteiger partial charge in [0.25, 0.3) is 5.91 Å². The summed E-state index contributed by atoms with van der Waals surface area (Å²) in [6.07, 6.45) is 0.441. The summed E-state index contributed by atoms with van der Waals surface area (Å²) in [6.45, 7) is 3.82. The minimum atomic E-state index is -0.882. The minimum absolute atomic E-state index is 0.114. The van der Waals surface area contributed by atoms with Crippen molar-refractivity contribution >= 4 is 11.9 Å². The largest absolute Gasteiger partial charge is 0.494 e. The van der Waals surface area contributed by atoms with Crippen LogP contribution in [0.2, 0.25) is 0 Å². The maximum absolute atomic E-state index is 12.4. The highest BCUT2D eigenvalue weighted by Crippen LogP contribution is 2.42. The van der Waals surface area contributed by atoms with E-state index in [0.29, 0.717) is 38.5 Å². The molecular formula is C18H23NO6. The lowest BCUT2D eigenvalue weighted by molar-refractivity contribution is -0.157. The Kier molecular flexibility index (Phi) is 5.13. The van der Waals surface area contributed by atoms with Crippen LogP contribution in [0.5, 0.6) is 11.5 Å². The second-order valence-corrected chi connectivity index (χ2v) is 6.45. The summed E-state index contributed by atoms with van der Waals surface area (Å²) in [5.41, 5.74) is -0.882. The fourth-order valence-corrected chi connectivity index (χ4v) is 3.52. The van der Waals surface area contributed by atoms with Gasteiger partial charge in [0, 0.05) is 25.6 Å². The second kappa shape index (κ2) is 7.31. The third-order valence-corrected chi connectivity index (χ3v) is 4.98. The minimum Gasteiger partial charge on any atom is -0.494 e. The Bertz CT molecular complexity index is 631. The number of aliphatic carboxylic acids is 1. The Hall–Kier alpha value is -2.28. The van der Waals surface area contributed by atoms with Crippen molar-refractivity contribution < 1.29 is 28.9 Å². The third kappa shape index (κ3) is 3.56. The zero-order valence-electron chi connectivity index (χ0n) is 14.3. The number of benzene rings is 1. The molecule has 136 valence electrons. The maximum atomic E-state index is 12.4. The molecule has 2 aliphatic rings. The number of rotatable bonds is 6. The smallest absolute Gasteiger partial charge is 0.311 e. The van der Waals surface area contributed by atoms with Crippen LogP contribution in [0.1, 0.15) is 13.3 Å². The Morgan fingerprint density at radius 1 is 1.28 bits per heavy atom. The van der Waals surface area contributed by atoms with Crippen molar-refractivity contribution in [3.8, 4) is 11.5 Å². The molecule has 0 saturated carbocycles. The van der Waals surface area contributed by atoms with Crippen molar-refractivity contribution in [2.24, 2.45) is 11.3 Å². The van der Waals surface area contributed by atoms with E-state index in [0.717, 1.165) is 5.75 Å².